The lowest BCUT2D eigenvalue weighted by molar-refractivity contribution is 0.0869. The van der Waals surface area contributed by atoms with Crippen molar-refractivity contribution >= 4 is 0 Å². The smallest absolute Gasteiger partial charge is 0.00980 e. The summed E-state index contributed by atoms with van der Waals surface area (Å²) < 4.78 is 0. The second-order valence-electron chi connectivity index (χ2n) is 8.91. The standard InChI is InChI=1S/C14H27N.C13H10/c1-2-15(13-9-5-3-6-10-13)14-11-7-4-8-12-14;1-3-7-12-10(5-1)9-11-6-2-4-8-13(11)12/h13-14H,2-12H2,1H3;1-8H,9H2. The molecule has 3 aliphatic rings. The fraction of sp³-hybridized carbons (Fsp3) is 0.556. The molecule has 28 heavy (non-hydrogen) atoms. The highest BCUT2D eigenvalue weighted by Crippen LogP contribution is 2.35. The maximum atomic E-state index is 2.85. The fourth-order valence-corrected chi connectivity index (χ4v) is 5.72. The molecule has 0 radical (unpaired) electrons. The molecule has 2 saturated carbocycles. The number of fused-ring (bicyclic) bond motifs is 3. The van der Waals surface area contributed by atoms with Gasteiger partial charge in [-0.1, -0.05) is 94.0 Å². The summed E-state index contributed by atoms with van der Waals surface area (Å²) in [5.74, 6) is 0. The van der Waals surface area contributed by atoms with E-state index < -0.39 is 0 Å². The van der Waals surface area contributed by atoms with E-state index in [1.165, 1.54) is 93.0 Å². The zero-order valence-electron chi connectivity index (χ0n) is 17.7. The lowest BCUT2D eigenvalue weighted by atomic mass is 9.89. The van der Waals surface area contributed by atoms with Crippen LogP contribution in [-0.2, 0) is 6.42 Å². The largest absolute Gasteiger partial charge is 0.298 e. The molecule has 2 aromatic rings. The lowest BCUT2D eigenvalue weighted by Gasteiger charge is -2.41. The molecule has 0 spiro atoms. The third kappa shape index (κ3) is 4.51. The molecular weight excluding hydrogens is 338 g/mol. The Labute approximate surface area is 172 Å². The van der Waals surface area contributed by atoms with Gasteiger partial charge in [0.2, 0.25) is 0 Å². The van der Waals surface area contributed by atoms with Gasteiger partial charge in [0.1, 0.15) is 0 Å². The summed E-state index contributed by atoms with van der Waals surface area (Å²) in [7, 11) is 0. The maximum Gasteiger partial charge on any atom is 0.00980 e. The minimum Gasteiger partial charge on any atom is -0.298 e. The summed E-state index contributed by atoms with van der Waals surface area (Å²) in [6, 6.07) is 19.2. The van der Waals surface area contributed by atoms with Gasteiger partial charge in [-0.25, -0.2) is 0 Å². The van der Waals surface area contributed by atoms with E-state index in [1.54, 1.807) is 0 Å². The Bertz CT molecular complexity index is 676. The molecule has 0 saturated heterocycles. The van der Waals surface area contributed by atoms with Gasteiger partial charge in [-0.2, -0.15) is 0 Å². The minimum absolute atomic E-state index is 0.937. The molecule has 3 aliphatic carbocycles. The first-order chi connectivity index (χ1) is 13.9. The van der Waals surface area contributed by atoms with E-state index in [-0.39, 0.29) is 0 Å². The van der Waals surface area contributed by atoms with E-state index in [2.05, 4.69) is 60.4 Å². The molecular formula is C27H37N. The number of rotatable bonds is 3. The van der Waals surface area contributed by atoms with Crippen LogP contribution in [0.5, 0.6) is 0 Å². The van der Waals surface area contributed by atoms with Crippen LogP contribution >= 0.6 is 0 Å². The highest BCUT2D eigenvalue weighted by atomic mass is 15.2. The van der Waals surface area contributed by atoms with Crippen molar-refractivity contribution in [2.75, 3.05) is 6.54 Å². The summed E-state index contributed by atoms with van der Waals surface area (Å²) in [6.07, 6.45) is 15.9. The molecule has 0 N–H and O–H groups in total. The lowest BCUT2D eigenvalue weighted by Crippen LogP contribution is -2.44. The summed E-state index contributed by atoms with van der Waals surface area (Å²) in [4.78, 5) is 2.85. The summed E-state index contributed by atoms with van der Waals surface area (Å²) in [6.45, 7) is 3.65. The van der Waals surface area contributed by atoms with Crippen LogP contribution in [0.15, 0.2) is 48.5 Å². The molecule has 0 amide bonds. The second-order valence-corrected chi connectivity index (χ2v) is 8.91. The predicted molar refractivity (Wildman–Crippen MR) is 121 cm³/mol. The van der Waals surface area contributed by atoms with E-state index in [4.69, 9.17) is 0 Å². The number of benzene rings is 2. The normalized spacial score (nSPS) is 19.6. The second kappa shape index (κ2) is 9.74. The Morgan fingerprint density at radius 2 is 1.07 bits per heavy atom. The average molecular weight is 376 g/mol. The predicted octanol–water partition coefficient (Wildman–Crippen LogP) is 7.23. The molecule has 0 bridgehead atoms. The van der Waals surface area contributed by atoms with Crippen molar-refractivity contribution in [3.63, 3.8) is 0 Å². The van der Waals surface area contributed by atoms with Crippen LogP contribution in [0.4, 0.5) is 0 Å². The fourth-order valence-electron chi connectivity index (χ4n) is 5.72. The van der Waals surface area contributed by atoms with Gasteiger partial charge < -0.3 is 0 Å². The third-order valence-electron chi connectivity index (χ3n) is 7.16. The van der Waals surface area contributed by atoms with Gasteiger partial charge in [-0.15, -0.1) is 0 Å². The minimum atomic E-state index is 0.937. The number of hydrogen-bond acceptors (Lipinski definition) is 1. The first kappa shape index (κ1) is 19.7. The Morgan fingerprint density at radius 1 is 0.643 bits per heavy atom. The van der Waals surface area contributed by atoms with E-state index in [0.29, 0.717) is 0 Å². The van der Waals surface area contributed by atoms with Crippen molar-refractivity contribution in [3.05, 3.63) is 59.7 Å². The molecule has 0 aromatic heterocycles. The highest BCUT2D eigenvalue weighted by Gasteiger charge is 2.27. The van der Waals surface area contributed by atoms with Gasteiger partial charge in [0.15, 0.2) is 0 Å². The molecule has 150 valence electrons. The number of nitrogens with zero attached hydrogens (tertiary/aromatic N) is 1. The Morgan fingerprint density at radius 3 is 1.50 bits per heavy atom. The third-order valence-corrected chi connectivity index (χ3v) is 7.16. The molecule has 0 unspecified atom stereocenters. The zero-order valence-corrected chi connectivity index (χ0v) is 17.7. The van der Waals surface area contributed by atoms with Gasteiger partial charge in [-0.3, -0.25) is 4.90 Å². The van der Waals surface area contributed by atoms with E-state index in [1.807, 2.05) is 0 Å². The van der Waals surface area contributed by atoms with E-state index in [9.17, 15) is 0 Å². The van der Waals surface area contributed by atoms with Crippen molar-refractivity contribution in [2.24, 2.45) is 0 Å². The molecule has 1 heteroatoms. The monoisotopic (exact) mass is 375 g/mol. The quantitative estimate of drug-likeness (QED) is 0.466. The van der Waals surface area contributed by atoms with Gasteiger partial charge in [0, 0.05) is 12.1 Å². The summed E-state index contributed by atoms with van der Waals surface area (Å²) in [5, 5.41) is 0. The molecule has 2 fully saturated rings. The highest BCUT2D eigenvalue weighted by molar-refractivity contribution is 5.76. The maximum absolute atomic E-state index is 2.85. The van der Waals surface area contributed by atoms with Crippen LogP contribution in [0.3, 0.4) is 0 Å². The molecule has 1 nitrogen and oxygen atoms in total. The number of hydrogen-bond donors (Lipinski definition) is 0. The Kier molecular flexibility index (Phi) is 6.86. The zero-order chi connectivity index (χ0) is 19.2. The Balaban J connectivity index is 0.000000138. The Hall–Kier alpha value is -1.60. The van der Waals surface area contributed by atoms with Crippen LogP contribution in [0.1, 0.15) is 82.3 Å². The topological polar surface area (TPSA) is 3.24 Å². The average Bonchev–Trinajstić information content (AvgIpc) is 3.15. The summed E-state index contributed by atoms with van der Waals surface area (Å²) >= 11 is 0. The first-order valence-corrected chi connectivity index (χ1v) is 11.8. The van der Waals surface area contributed by atoms with Crippen molar-refractivity contribution in [1.82, 2.24) is 4.90 Å². The molecule has 2 aromatic carbocycles. The van der Waals surface area contributed by atoms with Crippen LogP contribution in [0, 0.1) is 0 Å². The van der Waals surface area contributed by atoms with Gasteiger partial charge in [0.25, 0.3) is 0 Å². The van der Waals surface area contributed by atoms with Crippen molar-refractivity contribution in [3.8, 4) is 11.1 Å². The van der Waals surface area contributed by atoms with Gasteiger partial charge in [0.05, 0.1) is 0 Å². The first-order valence-electron chi connectivity index (χ1n) is 11.8. The van der Waals surface area contributed by atoms with Crippen molar-refractivity contribution in [1.29, 1.82) is 0 Å². The summed E-state index contributed by atoms with van der Waals surface area (Å²) in [5.41, 5.74) is 5.75. The van der Waals surface area contributed by atoms with E-state index >= 15 is 0 Å². The van der Waals surface area contributed by atoms with Crippen molar-refractivity contribution < 1.29 is 0 Å². The van der Waals surface area contributed by atoms with Gasteiger partial charge in [-0.05, 0) is 60.9 Å². The van der Waals surface area contributed by atoms with Crippen LogP contribution in [0.25, 0.3) is 11.1 Å². The molecule has 0 heterocycles. The SMILES string of the molecule is CCN(C1CCCCC1)C1CCCCC1.c1ccc2c(c1)Cc1ccccc1-2. The van der Waals surface area contributed by atoms with Crippen LogP contribution in [0.2, 0.25) is 0 Å². The molecule has 0 atom stereocenters. The molecule has 5 rings (SSSR count). The van der Waals surface area contributed by atoms with Crippen LogP contribution < -0.4 is 0 Å². The molecule has 0 aliphatic heterocycles. The van der Waals surface area contributed by atoms with Crippen molar-refractivity contribution in [2.45, 2.75) is 89.6 Å². The van der Waals surface area contributed by atoms with Crippen LogP contribution in [-0.4, -0.2) is 23.5 Å². The van der Waals surface area contributed by atoms with E-state index in [0.717, 1.165) is 18.5 Å². The van der Waals surface area contributed by atoms with Gasteiger partial charge >= 0.3 is 0 Å².